The van der Waals surface area contributed by atoms with Gasteiger partial charge in [0, 0.05) is 5.56 Å². The van der Waals surface area contributed by atoms with Gasteiger partial charge in [-0.1, -0.05) is 41.4 Å². The molecule has 11 heteroatoms. The molecule has 174 valence electrons. The van der Waals surface area contributed by atoms with Crippen LogP contribution in [0.25, 0.3) is 0 Å². The van der Waals surface area contributed by atoms with Crippen LogP contribution < -0.4 is 14.2 Å². The van der Waals surface area contributed by atoms with Gasteiger partial charge in [-0.25, -0.2) is 9.59 Å². The Morgan fingerprint density at radius 2 is 1.62 bits per heavy atom. The van der Waals surface area contributed by atoms with Gasteiger partial charge in [0.15, 0.2) is 34.3 Å². The highest BCUT2D eigenvalue weighted by Crippen LogP contribution is 2.65. The van der Waals surface area contributed by atoms with Crippen LogP contribution >= 0.6 is 23.2 Å². The normalized spacial score (nSPS) is 17.4. The van der Waals surface area contributed by atoms with E-state index in [1.165, 1.54) is 20.3 Å². The first-order chi connectivity index (χ1) is 16.2. The Balaban J connectivity index is 2.04. The third-order valence-electron chi connectivity index (χ3n) is 5.82. The van der Waals surface area contributed by atoms with Crippen LogP contribution in [0.4, 0.5) is 0 Å². The van der Waals surface area contributed by atoms with Crippen LogP contribution in [0.3, 0.4) is 0 Å². The number of ether oxygens (including phenoxy) is 4. The molecule has 3 N–H and O–H groups in total. The SMILES string of the molecule is COc1c(O)c(Cl)c2c(c1OC)C1(OC(=O)c3ccccc31)c1cc(C(=O)O)c(O)c(Cl)c1O2. The fraction of sp³-hybridized carbons (Fsp3) is 0.130. The monoisotopic (exact) mass is 504 g/mol. The average molecular weight is 505 g/mol. The van der Waals surface area contributed by atoms with E-state index in [0.29, 0.717) is 5.56 Å². The molecule has 2 aliphatic heterocycles. The number of carbonyl (C=O) groups excluding carboxylic acids is 1. The third-order valence-corrected chi connectivity index (χ3v) is 6.53. The maximum Gasteiger partial charge on any atom is 0.340 e. The molecule has 0 aromatic heterocycles. The van der Waals surface area contributed by atoms with Gasteiger partial charge in [0.25, 0.3) is 0 Å². The molecule has 0 saturated carbocycles. The summed E-state index contributed by atoms with van der Waals surface area (Å²) in [5.41, 5.74) is -1.88. The van der Waals surface area contributed by atoms with Crippen molar-refractivity contribution >= 4 is 35.1 Å². The number of esters is 1. The molecule has 0 aliphatic carbocycles. The van der Waals surface area contributed by atoms with E-state index >= 15 is 0 Å². The number of hydrogen-bond donors (Lipinski definition) is 3. The van der Waals surface area contributed by atoms with Crippen LogP contribution in [0.2, 0.25) is 10.0 Å². The van der Waals surface area contributed by atoms with Gasteiger partial charge in [0.2, 0.25) is 5.75 Å². The molecule has 1 atom stereocenters. The van der Waals surface area contributed by atoms with Gasteiger partial charge in [-0.2, -0.15) is 0 Å². The van der Waals surface area contributed by atoms with Crippen LogP contribution in [0.15, 0.2) is 30.3 Å². The molecule has 0 amide bonds. The lowest BCUT2D eigenvalue weighted by molar-refractivity contribution is 0.0215. The van der Waals surface area contributed by atoms with Crippen LogP contribution in [-0.4, -0.2) is 41.5 Å². The fourth-order valence-electron chi connectivity index (χ4n) is 4.43. The van der Waals surface area contributed by atoms with Crippen molar-refractivity contribution < 1.29 is 43.9 Å². The molecular formula is C23H14Cl2O9. The van der Waals surface area contributed by atoms with Crippen molar-refractivity contribution in [2.24, 2.45) is 0 Å². The molecular weight excluding hydrogens is 491 g/mol. The molecule has 3 aromatic rings. The van der Waals surface area contributed by atoms with Crippen LogP contribution in [0.5, 0.6) is 34.5 Å². The summed E-state index contributed by atoms with van der Waals surface area (Å²) in [5.74, 6) is -4.11. The van der Waals surface area contributed by atoms with E-state index in [2.05, 4.69) is 0 Å². The molecule has 34 heavy (non-hydrogen) atoms. The molecule has 0 fully saturated rings. The second kappa shape index (κ2) is 7.34. The summed E-state index contributed by atoms with van der Waals surface area (Å²) in [6.07, 6.45) is 0. The minimum Gasteiger partial charge on any atom is -0.505 e. The standard InChI is InChI=1S/C23H14Cl2O9/c1-31-19-12-18(14(25)16(27)20(19)32-2)33-17-11(7-9(21(28)29)15(26)13(17)24)23(12)10-6-4-3-5-8(10)22(30)34-23/h3-7,26-27H,1-2H3,(H,28,29). The minimum absolute atomic E-state index is 0.000564. The van der Waals surface area contributed by atoms with E-state index in [9.17, 15) is 24.9 Å². The summed E-state index contributed by atoms with van der Waals surface area (Å²) >= 11 is 12.8. The Hall–Kier alpha value is -3.82. The summed E-state index contributed by atoms with van der Waals surface area (Å²) in [6.45, 7) is 0. The molecule has 9 nitrogen and oxygen atoms in total. The topological polar surface area (TPSA) is 132 Å². The van der Waals surface area contributed by atoms with Gasteiger partial charge in [0.1, 0.15) is 15.6 Å². The molecule has 3 aromatic carbocycles. The largest absolute Gasteiger partial charge is 0.505 e. The smallest absolute Gasteiger partial charge is 0.340 e. The number of hydrogen-bond acceptors (Lipinski definition) is 8. The van der Waals surface area contributed by atoms with E-state index in [-0.39, 0.29) is 44.7 Å². The number of carboxylic acids is 1. The average Bonchev–Trinajstić information content (AvgIpc) is 3.11. The molecule has 2 aliphatic rings. The van der Waals surface area contributed by atoms with Gasteiger partial charge in [-0.05, 0) is 12.1 Å². The second-order valence-corrected chi connectivity index (χ2v) is 8.18. The van der Waals surface area contributed by atoms with Gasteiger partial charge < -0.3 is 34.3 Å². The summed E-state index contributed by atoms with van der Waals surface area (Å²) in [5, 5.41) is 30.0. The lowest BCUT2D eigenvalue weighted by Crippen LogP contribution is -2.34. The van der Waals surface area contributed by atoms with Gasteiger partial charge in [0.05, 0.1) is 30.9 Å². The van der Waals surface area contributed by atoms with Crippen molar-refractivity contribution in [1.29, 1.82) is 0 Å². The highest BCUT2D eigenvalue weighted by atomic mass is 35.5. The Morgan fingerprint density at radius 3 is 2.26 bits per heavy atom. The van der Waals surface area contributed by atoms with E-state index < -0.39 is 39.6 Å². The number of carboxylic acid groups (broad SMARTS) is 1. The number of carbonyl (C=O) groups is 2. The van der Waals surface area contributed by atoms with E-state index in [4.69, 9.17) is 42.1 Å². The van der Waals surface area contributed by atoms with Crippen molar-refractivity contribution in [1.82, 2.24) is 0 Å². The number of benzene rings is 3. The zero-order valence-electron chi connectivity index (χ0n) is 17.4. The summed E-state index contributed by atoms with van der Waals surface area (Å²) < 4.78 is 22.7. The number of phenols is 2. The van der Waals surface area contributed by atoms with Crippen molar-refractivity contribution in [3.63, 3.8) is 0 Å². The molecule has 1 unspecified atom stereocenters. The summed E-state index contributed by atoms with van der Waals surface area (Å²) in [6, 6.07) is 7.53. The second-order valence-electron chi connectivity index (χ2n) is 7.42. The van der Waals surface area contributed by atoms with Crippen LogP contribution in [0, 0.1) is 0 Å². The van der Waals surface area contributed by atoms with Gasteiger partial charge in [-0.15, -0.1) is 0 Å². The lowest BCUT2D eigenvalue weighted by Gasteiger charge is -2.38. The first-order valence-corrected chi connectivity index (χ1v) is 10.4. The number of phenolic OH excluding ortho intramolecular Hbond substituents is 1. The number of fused-ring (bicyclic) bond motifs is 6. The zero-order valence-corrected chi connectivity index (χ0v) is 18.9. The molecule has 0 saturated heterocycles. The first kappa shape index (κ1) is 22.0. The summed E-state index contributed by atoms with van der Waals surface area (Å²) in [4.78, 5) is 24.9. The third kappa shape index (κ3) is 2.56. The Kier molecular flexibility index (Phi) is 4.75. The van der Waals surface area contributed by atoms with Crippen LogP contribution in [0.1, 0.15) is 37.4 Å². The van der Waals surface area contributed by atoms with Gasteiger partial charge in [-0.3, -0.25) is 0 Å². The van der Waals surface area contributed by atoms with Gasteiger partial charge >= 0.3 is 11.9 Å². The maximum atomic E-state index is 13.0. The van der Waals surface area contributed by atoms with Crippen molar-refractivity contribution in [3.05, 3.63) is 68.2 Å². The van der Waals surface area contributed by atoms with Crippen molar-refractivity contribution in [3.8, 4) is 34.5 Å². The zero-order chi connectivity index (χ0) is 24.5. The quantitative estimate of drug-likeness (QED) is 0.434. The number of aromatic carboxylic acids is 1. The predicted octanol–water partition coefficient (Wildman–Crippen LogP) is 4.69. The Bertz CT molecular complexity index is 1430. The maximum absolute atomic E-state index is 13.0. The molecule has 5 rings (SSSR count). The minimum atomic E-state index is -1.87. The summed E-state index contributed by atoms with van der Waals surface area (Å²) in [7, 11) is 2.57. The Labute approximate surface area is 201 Å². The predicted molar refractivity (Wildman–Crippen MR) is 118 cm³/mol. The Morgan fingerprint density at radius 1 is 0.971 bits per heavy atom. The van der Waals surface area contributed by atoms with Crippen LogP contribution in [-0.2, 0) is 10.3 Å². The van der Waals surface area contributed by atoms with Crippen molar-refractivity contribution in [2.45, 2.75) is 5.60 Å². The highest BCUT2D eigenvalue weighted by Gasteiger charge is 2.57. The number of rotatable bonds is 3. The molecule has 0 bridgehead atoms. The van der Waals surface area contributed by atoms with E-state index in [1.54, 1.807) is 18.2 Å². The first-order valence-electron chi connectivity index (χ1n) is 9.65. The number of halogens is 2. The van der Waals surface area contributed by atoms with Crippen molar-refractivity contribution in [2.75, 3.05) is 14.2 Å². The fourth-order valence-corrected chi connectivity index (χ4v) is 4.89. The highest BCUT2D eigenvalue weighted by molar-refractivity contribution is 6.35. The van der Waals surface area contributed by atoms with E-state index in [1.807, 2.05) is 0 Å². The molecule has 1 spiro atoms. The number of methoxy groups -OCH3 is 2. The molecule has 0 radical (unpaired) electrons. The number of aromatic hydroxyl groups is 2. The molecule has 2 heterocycles. The lowest BCUT2D eigenvalue weighted by atomic mass is 9.76. The van der Waals surface area contributed by atoms with E-state index in [0.717, 1.165) is 6.07 Å².